The van der Waals surface area contributed by atoms with Crippen LogP contribution < -0.4 is 9.26 Å². The van der Waals surface area contributed by atoms with Crippen LogP contribution >= 0.6 is 22.9 Å². The zero-order valence-corrected chi connectivity index (χ0v) is 7.93. The highest BCUT2D eigenvalue weighted by atomic mass is 127. The van der Waals surface area contributed by atoms with Crippen molar-refractivity contribution in [3.05, 3.63) is 0 Å². The molecule has 0 rings (SSSR count). The van der Waals surface area contributed by atoms with Gasteiger partial charge in [0, 0.05) is 0 Å². The highest BCUT2D eigenvalue weighted by Gasteiger charge is 2.33. The van der Waals surface area contributed by atoms with Crippen molar-refractivity contribution in [2.75, 3.05) is 0 Å². The van der Waals surface area contributed by atoms with Gasteiger partial charge in [0.05, 0.1) is 22.9 Å². The normalized spacial score (nSPS) is 10.7. The SMILES string of the molecule is CC(C)(C(N)=O)C(=O)NI. The standard InChI is InChI=1S/C5H9IN2O2/c1-5(2,3(7)9)4(10)8-6/h1-2H3,(H2,7,9)(H,8,10). The number of nitrogens with one attached hydrogen (secondary N) is 1. The summed E-state index contributed by atoms with van der Waals surface area (Å²) in [6, 6.07) is 0. The molecule has 0 saturated carbocycles. The topological polar surface area (TPSA) is 72.2 Å². The minimum atomic E-state index is -1.11. The van der Waals surface area contributed by atoms with E-state index in [4.69, 9.17) is 5.73 Å². The van der Waals surface area contributed by atoms with E-state index in [0.29, 0.717) is 0 Å². The van der Waals surface area contributed by atoms with Crippen LogP contribution in [-0.4, -0.2) is 11.8 Å². The second-order valence-corrected chi connectivity index (χ2v) is 2.95. The molecule has 2 amide bonds. The Bertz CT molecular complexity index is 167. The molecule has 0 fully saturated rings. The van der Waals surface area contributed by atoms with Gasteiger partial charge in [-0.15, -0.1) is 0 Å². The molecule has 0 aromatic carbocycles. The molecule has 0 saturated heterocycles. The first kappa shape index (κ1) is 9.67. The maximum absolute atomic E-state index is 10.9. The number of carbonyl (C=O) groups is 2. The van der Waals surface area contributed by atoms with Crippen LogP contribution in [0.4, 0.5) is 0 Å². The minimum absolute atomic E-state index is 0.374. The molecule has 0 atom stereocenters. The lowest BCUT2D eigenvalue weighted by Crippen LogP contribution is -2.42. The Hall–Kier alpha value is -0.330. The number of hydrogen-bond donors (Lipinski definition) is 2. The second-order valence-electron chi connectivity index (χ2n) is 2.41. The average Bonchev–Trinajstić information content (AvgIpc) is 1.86. The van der Waals surface area contributed by atoms with Crippen molar-refractivity contribution in [1.29, 1.82) is 0 Å². The summed E-state index contributed by atoms with van der Waals surface area (Å²) in [7, 11) is 0. The Morgan fingerprint density at radius 2 is 1.90 bits per heavy atom. The van der Waals surface area contributed by atoms with Crippen LogP contribution in [0.2, 0.25) is 0 Å². The predicted molar refractivity (Wildman–Crippen MR) is 45.1 cm³/mol. The molecule has 5 heteroatoms. The molecule has 0 bridgehead atoms. The van der Waals surface area contributed by atoms with Crippen LogP contribution in [-0.2, 0) is 9.59 Å². The lowest BCUT2D eigenvalue weighted by molar-refractivity contribution is -0.137. The van der Waals surface area contributed by atoms with E-state index in [1.165, 1.54) is 13.8 Å². The second kappa shape index (κ2) is 3.18. The fraction of sp³-hybridized carbons (Fsp3) is 0.600. The molecule has 3 N–H and O–H groups in total. The van der Waals surface area contributed by atoms with Crippen LogP contribution in [0.5, 0.6) is 0 Å². The Balaban J connectivity index is 4.40. The number of primary amides is 1. The van der Waals surface area contributed by atoms with Crippen molar-refractivity contribution in [1.82, 2.24) is 3.53 Å². The van der Waals surface area contributed by atoms with E-state index in [1.807, 2.05) is 0 Å². The van der Waals surface area contributed by atoms with Crippen LogP contribution in [0.3, 0.4) is 0 Å². The Morgan fingerprint density at radius 3 is 2.00 bits per heavy atom. The summed E-state index contributed by atoms with van der Waals surface area (Å²) in [6.45, 7) is 2.95. The van der Waals surface area contributed by atoms with E-state index >= 15 is 0 Å². The molecule has 0 heterocycles. The Kier molecular flexibility index (Phi) is 3.07. The molecular formula is C5H9IN2O2. The van der Waals surface area contributed by atoms with E-state index in [-0.39, 0.29) is 5.91 Å². The first-order valence-electron chi connectivity index (χ1n) is 2.64. The lowest BCUT2D eigenvalue weighted by atomic mass is 9.92. The third kappa shape index (κ3) is 1.83. The molecular weight excluding hydrogens is 247 g/mol. The van der Waals surface area contributed by atoms with Gasteiger partial charge < -0.3 is 5.73 Å². The van der Waals surface area contributed by atoms with Gasteiger partial charge in [0.25, 0.3) is 0 Å². The van der Waals surface area contributed by atoms with Crippen molar-refractivity contribution in [2.45, 2.75) is 13.8 Å². The molecule has 0 spiro atoms. The minimum Gasteiger partial charge on any atom is -0.369 e. The molecule has 58 valence electrons. The fourth-order valence-corrected chi connectivity index (χ4v) is 0.904. The summed E-state index contributed by atoms with van der Waals surface area (Å²) in [5.41, 5.74) is 3.83. The van der Waals surface area contributed by atoms with E-state index < -0.39 is 11.3 Å². The van der Waals surface area contributed by atoms with Crippen molar-refractivity contribution < 1.29 is 9.59 Å². The summed E-state index contributed by atoms with van der Waals surface area (Å²) in [6.07, 6.45) is 0. The van der Waals surface area contributed by atoms with Crippen LogP contribution in [0, 0.1) is 5.41 Å². The number of carbonyl (C=O) groups excluding carboxylic acids is 2. The van der Waals surface area contributed by atoms with E-state index in [9.17, 15) is 9.59 Å². The molecule has 4 nitrogen and oxygen atoms in total. The van der Waals surface area contributed by atoms with Crippen molar-refractivity contribution in [3.8, 4) is 0 Å². The van der Waals surface area contributed by atoms with Gasteiger partial charge in [0.2, 0.25) is 11.8 Å². The number of amides is 2. The zero-order valence-electron chi connectivity index (χ0n) is 5.77. The van der Waals surface area contributed by atoms with Crippen LogP contribution in [0.15, 0.2) is 0 Å². The fourth-order valence-electron chi connectivity index (χ4n) is 0.230. The largest absolute Gasteiger partial charge is 0.369 e. The first-order chi connectivity index (χ1) is 4.42. The maximum atomic E-state index is 10.9. The summed E-state index contributed by atoms with van der Waals surface area (Å²) in [5.74, 6) is -0.998. The van der Waals surface area contributed by atoms with Gasteiger partial charge in [-0.05, 0) is 13.8 Å². The summed E-state index contributed by atoms with van der Waals surface area (Å²) >= 11 is 1.66. The lowest BCUT2D eigenvalue weighted by Gasteiger charge is -2.16. The molecule has 0 unspecified atom stereocenters. The highest BCUT2D eigenvalue weighted by Crippen LogP contribution is 2.13. The molecule has 0 aliphatic carbocycles. The summed E-state index contributed by atoms with van der Waals surface area (Å²) in [4.78, 5) is 21.4. The number of halogens is 1. The maximum Gasteiger partial charge on any atom is 0.243 e. The molecule has 0 aromatic rings. The van der Waals surface area contributed by atoms with Crippen molar-refractivity contribution in [2.24, 2.45) is 11.1 Å². The average molecular weight is 256 g/mol. The molecule has 0 aliphatic rings. The van der Waals surface area contributed by atoms with Crippen molar-refractivity contribution >= 4 is 34.7 Å². The van der Waals surface area contributed by atoms with Gasteiger partial charge >= 0.3 is 0 Å². The third-order valence-electron chi connectivity index (χ3n) is 1.27. The van der Waals surface area contributed by atoms with E-state index in [2.05, 4.69) is 3.53 Å². The number of nitrogens with two attached hydrogens (primary N) is 1. The van der Waals surface area contributed by atoms with Gasteiger partial charge in [0.15, 0.2) is 0 Å². The number of hydrogen-bond acceptors (Lipinski definition) is 2. The molecule has 0 aromatic heterocycles. The van der Waals surface area contributed by atoms with Gasteiger partial charge in [-0.25, -0.2) is 0 Å². The summed E-state index contributed by atoms with van der Waals surface area (Å²) < 4.78 is 2.32. The van der Waals surface area contributed by atoms with Gasteiger partial charge in [-0.2, -0.15) is 0 Å². The van der Waals surface area contributed by atoms with Crippen LogP contribution in [0.25, 0.3) is 0 Å². The zero-order chi connectivity index (χ0) is 8.36. The van der Waals surface area contributed by atoms with Gasteiger partial charge in [-0.3, -0.25) is 13.1 Å². The summed E-state index contributed by atoms with van der Waals surface area (Å²) in [5, 5.41) is 0. The first-order valence-corrected chi connectivity index (χ1v) is 3.71. The van der Waals surface area contributed by atoms with E-state index in [0.717, 1.165) is 0 Å². The quantitative estimate of drug-likeness (QED) is 0.413. The molecule has 0 radical (unpaired) electrons. The van der Waals surface area contributed by atoms with Gasteiger partial charge in [-0.1, -0.05) is 0 Å². The number of rotatable bonds is 2. The Morgan fingerprint density at radius 1 is 1.50 bits per heavy atom. The molecule has 10 heavy (non-hydrogen) atoms. The van der Waals surface area contributed by atoms with Crippen LogP contribution in [0.1, 0.15) is 13.8 Å². The van der Waals surface area contributed by atoms with E-state index in [1.54, 1.807) is 22.9 Å². The predicted octanol–water partition coefficient (Wildman–Crippen LogP) is -0.0359. The van der Waals surface area contributed by atoms with Crippen molar-refractivity contribution in [3.63, 3.8) is 0 Å². The highest BCUT2D eigenvalue weighted by molar-refractivity contribution is 14.1. The third-order valence-corrected chi connectivity index (χ3v) is 1.76. The monoisotopic (exact) mass is 256 g/mol. The Labute approximate surface area is 73.0 Å². The van der Waals surface area contributed by atoms with Gasteiger partial charge in [0.1, 0.15) is 5.41 Å². The smallest absolute Gasteiger partial charge is 0.243 e. The molecule has 0 aliphatic heterocycles.